The summed E-state index contributed by atoms with van der Waals surface area (Å²) >= 11 is 1.32. The van der Waals surface area contributed by atoms with E-state index in [9.17, 15) is 9.59 Å². The van der Waals surface area contributed by atoms with Gasteiger partial charge in [-0.25, -0.2) is 4.79 Å². The number of nitrogens with one attached hydrogen (secondary N) is 1. The molecule has 0 unspecified atom stereocenters. The number of rotatable bonds is 6. The molecule has 0 radical (unpaired) electrons. The van der Waals surface area contributed by atoms with Gasteiger partial charge in [-0.05, 0) is 36.8 Å². The van der Waals surface area contributed by atoms with Crippen LogP contribution in [0.15, 0.2) is 35.7 Å². The van der Waals surface area contributed by atoms with Gasteiger partial charge in [0.1, 0.15) is 4.88 Å². The molecular weight excluding hydrogens is 322 g/mol. The van der Waals surface area contributed by atoms with Gasteiger partial charge in [0, 0.05) is 12.1 Å². The van der Waals surface area contributed by atoms with E-state index < -0.39 is 12.1 Å². The van der Waals surface area contributed by atoms with E-state index in [1.807, 2.05) is 56.5 Å². The number of hydrogen-bond donors (Lipinski definition) is 1. The number of esters is 1. The number of hydrogen-bond acceptors (Lipinski definition) is 4. The first-order valence-corrected chi connectivity index (χ1v) is 8.89. The number of benzene rings is 1. The first kappa shape index (κ1) is 18.2. The molecular formula is C19H23NO3S. The predicted octanol–water partition coefficient (Wildman–Crippen LogP) is 4.04. The molecule has 1 N–H and O–H groups in total. The van der Waals surface area contributed by atoms with Crippen LogP contribution in [0.1, 0.15) is 36.0 Å². The molecule has 1 amide bonds. The lowest BCUT2D eigenvalue weighted by Gasteiger charge is -2.14. The topological polar surface area (TPSA) is 55.4 Å². The molecule has 0 spiro atoms. The molecule has 2 rings (SSSR count). The molecule has 0 fully saturated rings. The van der Waals surface area contributed by atoms with E-state index in [2.05, 4.69) is 5.32 Å². The maximum atomic E-state index is 12.4. The number of carbonyl (C=O) groups excluding carboxylic acids is 2. The third-order valence-electron chi connectivity index (χ3n) is 3.55. The molecule has 1 aromatic heterocycles. The molecule has 0 aliphatic heterocycles. The summed E-state index contributed by atoms with van der Waals surface area (Å²) in [6.45, 7) is 8.19. The van der Waals surface area contributed by atoms with Crippen LogP contribution < -0.4 is 5.32 Å². The number of amides is 1. The van der Waals surface area contributed by atoms with E-state index in [0.717, 1.165) is 16.7 Å². The van der Waals surface area contributed by atoms with Gasteiger partial charge in [-0.3, -0.25) is 4.79 Å². The van der Waals surface area contributed by atoms with E-state index >= 15 is 0 Å². The van der Waals surface area contributed by atoms with Gasteiger partial charge in [0.15, 0.2) is 6.10 Å². The summed E-state index contributed by atoms with van der Waals surface area (Å²) in [7, 11) is 0. The van der Waals surface area contributed by atoms with Crippen molar-refractivity contribution in [1.29, 1.82) is 0 Å². The van der Waals surface area contributed by atoms with Gasteiger partial charge in [-0.1, -0.05) is 43.7 Å². The van der Waals surface area contributed by atoms with Crippen LogP contribution in [0.25, 0.3) is 11.1 Å². The average Bonchev–Trinajstić information content (AvgIpc) is 3.02. The average molecular weight is 345 g/mol. The molecule has 0 aliphatic carbocycles. The predicted molar refractivity (Wildman–Crippen MR) is 97.2 cm³/mol. The molecule has 0 aliphatic rings. The largest absolute Gasteiger partial charge is 0.448 e. The summed E-state index contributed by atoms with van der Waals surface area (Å²) in [6.07, 6.45) is -0.816. The molecule has 2 aromatic rings. The van der Waals surface area contributed by atoms with E-state index in [1.165, 1.54) is 11.3 Å². The van der Waals surface area contributed by atoms with Crippen LogP contribution in [-0.2, 0) is 9.53 Å². The van der Waals surface area contributed by atoms with Crippen molar-refractivity contribution < 1.29 is 14.3 Å². The van der Waals surface area contributed by atoms with Gasteiger partial charge in [0.2, 0.25) is 0 Å². The van der Waals surface area contributed by atoms with E-state index in [4.69, 9.17) is 4.74 Å². The summed E-state index contributed by atoms with van der Waals surface area (Å²) in [5.74, 6) is -0.388. The molecule has 0 saturated heterocycles. The fraction of sp³-hybridized carbons (Fsp3) is 0.368. The Labute approximate surface area is 146 Å². The number of carbonyl (C=O) groups is 2. The second-order valence-corrected chi connectivity index (χ2v) is 7.13. The molecule has 0 saturated carbocycles. The Kier molecular flexibility index (Phi) is 6.15. The first-order chi connectivity index (χ1) is 11.4. The van der Waals surface area contributed by atoms with Crippen molar-refractivity contribution in [2.75, 3.05) is 6.54 Å². The fourth-order valence-corrected chi connectivity index (χ4v) is 2.94. The minimum Gasteiger partial charge on any atom is -0.448 e. The monoisotopic (exact) mass is 345 g/mol. The molecule has 1 heterocycles. The van der Waals surface area contributed by atoms with Gasteiger partial charge in [0.25, 0.3) is 5.91 Å². The number of thiophene rings is 1. The molecule has 1 atom stereocenters. The molecule has 1 aromatic carbocycles. The van der Waals surface area contributed by atoms with Gasteiger partial charge in [-0.2, -0.15) is 0 Å². The summed E-state index contributed by atoms with van der Waals surface area (Å²) < 4.78 is 5.33. The summed E-state index contributed by atoms with van der Waals surface area (Å²) in [5, 5.41) is 4.63. The van der Waals surface area contributed by atoms with E-state index in [0.29, 0.717) is 17.3 Å². The standard InChI is InChI=1S/C19H23NO3S/c1-12(2)11-20-18(21)14(4)23-19(22)17-16(9-10-24-17)15-7-5-13(3)6-8-15/h5-10,12,14H,11H2,1-4H3,(H,20,21)/t14-/m0/s1. The van der Waals surface area contributed by atoms with Crippen LogP contribution >= 0.6 is 11.3 Å². The maximum absolute atomic E-state index is 12.4. The fourth-order valence-electron chi connectivity index (χ4n) is 2.14. The molecule has 24 heavy (non-hydrogen) atoms. The zero-order valence-corrected chi connectivity index (χ0v) is 15.3. The van der Waals surface area contributed by atoms with E-state index in [-0.39, 0.29) is 5.91 Å². The lowest BCUT2D eigenvalue weighted by molar-refractivity contribution is -0.129. The van der Waals surface area contributed by atoms with Gasteiger partial charge < -0.3 is 10.1 Å². The van der Waals surface area contributed by atoms with Crippen molar-refractivity contribution >= 4 is 23.2 Å². The Balaban J connectivity index is 2.07. The number of aryl methyl sites for hydroxylation is 1. The smallest absolute Gasteiger partial charge is 0.349 e. The van der Waals surface area contributed by atoms with Crippen LogP contribution in [-0.4, -0.2) is 24.5 Å². The van der Waals surface area contributed by atoms with Crippen molar-refractivity contribution in [1.82, 2.24) is 5.32 Å². The van der Waals surface area contributed by atoms with Crippen LogP contribution in [0.5, 0.6) is 0 Å². The highest BCUT2D eigenvalue weighted by Gasteiger charge is 2.22. The minimum absolute atomic E-state index is 0.273. The second kappa shape index (κ2) is 8.11. The first-order valence-electron chi connectivity index (χ1n) is 8.01. The van der Waals surface area contributed by atoms with Crippen LogP contribution in [0, 0.1) is 12.8 Å². The van der Waals surface area contributed by atoms with Crippen LogP contribution in [0.2, 0.25) is 0 Å². The molecule has 5 heteroatoms. The van der Waals surface area contributed by atoms with Crippen molar-refractivity contribution in [3.8, 4) is 11.1 Å². The SMILES string of the molecule is Cc1ccc(-c2ccsc2C(=O)O[C@@H](C)C(=O)NCC(C)C)cc1. The minimum atomic E-state index is -0.816. The quantitative estimate of drug-likeness (QED) is 0.804. The molecule has 0 bridgehead atoms. The van der Waals surface area contributed by atoms with Crippen molar-refractivity contribution in [2.45, 2.75) is 33.8 Å². The van der Waals surface area contributed by atoms with Gasteiger partial charge in [0.05, 0.1) is 0 Å². The third kappa shape index (κ3) is 4.68. The van der Waals surface area contributed by atoms with Gasteiger partial charge in [-0.15, -0.1) is 11.3 Å². The molecule has 4 nitrogen and oxygen atoms in total. The summed E-state index contributed by atoms with van der Waals surface area (Å²) in [5.41, 5.74) is 2.96. The van der Waals surface area contributed by atoms with E-state index in [1.54, 1.807) is 6.92 Å². The third-order valence-corrected chi connectivity index (χ3v) is 4.45. The highest BCUT2D eigenvalue weighted by Crippen LogP contribution is 2.29. The normalized spacial score (nSPS) is 12.0. The highest BCUT2D eigenvalue weighted by atomic mass is 32.1. The summed E-state index contributed by atoms with van der Waals surface area (Å²) in [6, 6.07) is 9.86. The second-order valence-electron chi connectivity index (χ2n) is 6.22. The van der Waals surface area contributed by atoms with Crippen molar-refractivity contribution in [3.05, 3.63) is 46.2 Å². The Hall–Kier alpha value is -2.14. The van der Waals surface area contributed by atoms with Crippen molar-refractivity contribution in [2.24, 2.45) is 5.92 Å². The van der Waals surface area contributed by atoms with Crippen molar-refractivity contribution in [3.63, 3.8) is 0 Å². The van der Waals surface area contributed by atoms with Crippen LogP contribution in [0.4, 0.5) is 0 Å². The van der Waals surface area contributed by atoms with Gasteiger partial charge >= 0.3 is 5.97 Å². The summed E-state index contributed by atoms with van der Waals surface area (Å²) in [4.78, 5) is 24.9. The Morgan fingerprint density at radius 2 is 1.79 bits per heavy atom. The number of ether oxygens (including phenoxy) is 1. The highest BCUT2D eigenvalue weighted by molar-refractivity contribution is 7.12. The zero-order valence-electron chi connectivity index (χ0n) is 14.5. The zero-order chi connectivity index (χ0) is 17.7. The Morgan fingerprint density at radius 3 is 2.42 bits per heavy atom. The lowest BCUT2D eigenvalue weighted by atomic mass is 10.1. The maximum Gasteiger partial charge on any atom is 0.349 e. The lowest BCUT2D eigenvalue weighted by Crippen LogP contribution is -2.37. The Bertz CT molecular complexity index is 704. The molecule has 128 valence electrons. The Morgan fingerprint density at radius 1 is 1.12 bits per heavy atom. The van der Waals surface area contributed by atoms with Crippen LogP contribution in [0.3, 0.4) is 0 Å².